The number of phenolic OH excluding ortho intramolecular Hbond substituents is 1. The van der Waals surface area contributed by atoms with E-state index in [0.717, 1.165) is 72.7 Å². The van der Waals surface area contributed by atoms with Gasteiger partial charge in [0, 0.05) is 55.3 Å². The summed E-state index contributed by atoms with van der Waals surface area (Å²) in [4.78, 5) is 34.2. The lowest BCUT2D eigenvalue weighted by atomic mass is 9.88. The number of aryl methyl sites for hydroxylation is 2. The largest absolute Gasteiger partial charge is 0.508 e. The molecule has 1 aliphatic carbocycles. The molecule has 1 fully saturated rings. The third-order valence-corrected chi connectivity index (χ3v) is 8.04. The fourth-order valence-corrected chi connectivity index (χ4v) is 5.55. The van der Waals surface area contributed by atoms with Crippen molar-refractivity contribution in [2.45, 2.75) is 19.8 Å². The zero-order valence-electron chi connectivity index (χ0n) is 23.9. The summed E-state index contributed by atoms with van der Waals surface area (Å²) in [5, 5.41) is 18.2. The van der Waals surface area contributed by atoms with Crippen LogP contribution in [0, 0.1) is 6.92 Å². The molecule has 3 heterocycles. The van der Waals surface area contributed by atoms with Gasteiger partial charge in [0.1, 0.15) is 17.3 Å². The molecule has 0 saturated carbocycles. The third-order valence-electron chi connectivity index (χ3n) is 7.74. The van der Waals surface area contributed by atoms with Gasteiger partial charge in [-0.15, -0.1) is 0 Å². The van der Waals surface area contributed by atoms with Gasteiger partial charge in [0.2, 0.25) is 0 Å². The van der Waals surface area contributed by atoms with E-state index in [1.165, 1.54) is 13.2 Å². The summed E-state index contributed by atoms with van der Waals surface area (Å²) in [6.07, 6.45) is 3.71. The first-order valence-electron chi connectivity index (χ1n) is 13.8. The molecular formula is C31H34ClN7O3. The van der Waals surface area contributed by atoms with Crippen LogP contribution in [0.25, 0.3) is 16.9 Å². The number of nitrogens with two attached hydrogens (primary N) is 1. The Morgan fingerprint density at radius 2 is 1.83 bits per heavy atom. The average molecular weight is 588 g/mol. The van der Waals surface area contributed by atoms with Gasteiger partial charge in [-0.25, -0.2) is 9.67 Å². The van der Waals surface area contributed by atoms with E-state index in [1.807, 2.05) is 37.3 Å². The highest BCUT2D eigenvalue weighted by atomic mass is 35.5. The Hall–Kier alpha value is -4.25. The highest BCUT2D eigenvalue weighted by Crippen LogP contribution is 2.39. The summed E-state index contributed by atoms with van der Waals surface area (Å²) in [7, 11) is 3.59. The number of fused-ring (bicyclic) bond motifs is 3. The Balaban J connectivity index is 0.00000173. The SMILES string of the molecule is CN.Cc1ccc(-n2nc(C=O)c3c2-c2cc(NC(=O)c4cc(N5CCN(C)CC5)ncc4Cl)ccc2CC3)cc1O. The molecular weight excluding hydrogens is 554 g/mol. The number of likely N-dealkylation sites (N-methyl/N-ethyl adjacent to an activating group) is 1. The van der Waals surface area contributed by atoms with Crippen LogP contribution in [0.4, 0.5) is 11.5 Å². The molecule has 4 aromatic rings. The molecule has 0 unspecified atom stereocenters. The topological polar surface area (TPSA) is 130 Å². The summed E-state index contributed by atoms with van der Waals surface area (Å²) >= 11 is 6.42. The number of hydrogen-bond acceptors (Lipinski definition) is 8. The molecule has 4 N–H and O–H groups in total. The maximum absolute atomic E-state index is 13.4. The summed E-state index contributed by atoms with van der Waals surface area (Å²) in [6, 6.07) is 12.8. The predicted octanol–water partition coefficient (Wildman–Crippen LogP) is 4.09. The number of hydrogen-bond donors (Lipinski definition) is 3. The first kappa shape index (κ1) is 29.2. The summed E-state index contributed by atoms with van der Waals surface area (Å²) in [5.74, 6) is 0.547. The lowest BCUT2D eigenvalue weighted by molar-refractivity contribution is 0.102. The second-order valence-electron chi connectivity index (χ2n) is 10.4. The van der Waals surface area contributed by atoms with Crippen molar-refractivity contribution in [3.8, 4) is 22.7 Å². The molecule has 0 radical (unpaired) electrons. The van der Waals surface area contributed by atoms with Crippen LogP contribution in [0.15, 0.2) is 48.7 Å². The maximum atomic E-state index is 13.4. The zero-order valence-corrected chi connectivity index (χ0v) is 24.6. The van der Waals surface area contributed by atoms with Gasteiger partial charge in [-0.2, -0.15) is 5.10 Å². The number of aromatic hydroxyl groups is 1. The second-order valence-corrected chi connectivity index (χ2v) is 10.8. The van der Waals surface area contributed by atoms with Crippen molar-refractivity contribution >= 4 is 35.3 Å². The van der Waals surface area contributed by atoms with Gasteiger partial charge >= 0.3 is 0 Å². The van der Waals surface area contributed by atoms with Crippen molar-refractivity contribution in [2.24, 2.45) is 5.73 Å². The molecule has 11 heteroatoms. The molecule has 10 nitrogen and oxygen atoms in total. The fraction of sp³-hybridized carbons (Fsp3) is 0.290. The summed E-state index contributed by atoms with van der Waals surface area (Å²) in [5.41, 5.74) is 10.8. The maximum Gasteiger partial charge on any atom is 0.257 e. The number of halogens is 1. The zero-order chi connectivity index (χ0) is 30.0. The molecule has 42 heavy (non-hydrogen) atoms. The van der Waals surface area contributed by atoms with Crippen molar-refractivity contribution in [1.82, 2.24) is 19.7 Å². The predicted molar refractivity (Wildman–Crippen MR) is 165 cm³/mol. The van der Waals surface area contributed by atoms with Crippen molar-refractivity contribution in [1.29, 1.82) is 0 Å². The number of nitrogens with one attached hydrogen (secondary N) is 1. The number of aldehydes is 1. The van der Waals surface area contributed by atoms with Crippen LogP contribution in [0.2, 0.25) is 5.02 Å². The molecule has 0 spiro atoms. The Kier molecular flexibility index (Phi) is 8.58. The average Bonchev–Trinajstić information content (AvgIpc) is 3.39. The number of piperazine rings is 1. The number of nitrogens with zero attached hydrogens (tertiary/aromatic N) is 5. The molecule has 6 rings (SSSR count). The van der Waals surface area contributed by atoms with E-state index in [9.17, 15) is 14.7 Å². The number of benzene rings is 2. The second kappa shape index (κ2) is 12.3. The minimum atomic E-state index is -0.329. The third kappa shape index (κ3) is 5.61. The smallest absolute Gasteiger partial charge is 0.257 e. The molecule has 218 valence electrons. The van der Waals surface area contributed by atoms with Gasteiger partial charge in [0.05, 0.1) is 22.0 Å². The lowest BCUT2D eigenvalue weighted by Crippen LogP contribution is -2.44. The van der Waals surface area contributed by atoms with Crippen molar-refractivity contribution in [3.63, 3.8) is 0 Å². The van der Waals surface area contributed by atoms with Crippen LogP contribution < -0.4 is 16.0 Å². The molecule has 2 aliphatic rings. The number of phenols is 1. The van der Waals surface area contributed by atoms with Crippen LogP contribution in [-0.4, -0.2) is 77.2 Å². The molecule has 0 bridgehead atoms. The highest BCUT2D eigenvalue weighted by molar-refractivity contribution is 6.34. The highest BCUT2D eigenvalue weighted by Gasteiger charge is 2.27. The number of pyridine rings is 1. The van der Waals surface area contributed by atoms with Gasteiger partial charge in [-0.05, 0) is 69.3 Å². The van der Waals surface area contributed by atoms with Crippen LogP contribution in [0.3, 0.4) is 0 Å². The number of anilines is 2. The van der Waals surface area contributed by atoms with E-state index in [0.29, 0.717) is 29.1 Å². The standard InChI is InChI=1S/C30H29ClN6O3.CH5N/c1-18-3-7-21(14-27(18)39)37-29-22(26(17-38)34-37)8-5-19-4-6-20(13-23(19)29)33-30(40)24-15-28(32-16-25(24)31)36-11-9-35(2)10-12-36;1-2/h3-4,6-7,13-17,39H,5,8-12H2,1-2H3,(H,33,40);2H2,1H3. The fourth-order valence-electron chi connectivity index (χ4n) is 5.36. The van der Waals surface area contributed by atoms with E-state index in [1.54, 1.807) is 16.8 Å². The monoisotopic (exact) mass is 587 g/mol. The number of amides is 1. The van der Waals surface area contributed by atoms with E-state index < -0.39 is 0 Å². The molecule has 1 aliphatic heterocycles. The first-order valence-corrected chi connectivity index (χ1v) is 14.2. The van der Waals surface area contributed by atoms with E-state index >= 15 is 0 Å². The van der Waals surface area contributed by atoms with Crippen molar-refractivity contribution < 1.29 is 14.7 Å². The number of carbonyl (C=O) groups excluding carboxylic acids is 2. The van der Waals surface area contributed by atoms with Crippen molar-refractivity contribution in [3.05, 3.63) is 81.6 Å². The molecule has 2 aromatic heterocycles. The van der Waals surface area contributed by atoms with E-state index in [4.69, 9.17) is 11.6 Å². The van der Waals surface area contributed by atoms with Gasteiger partial charge in [0.25, 0.3) is 5.91 Å². The normalized spacial score (nSPS) is 14.4. The van der Waals surface area contributed by atoms with Crippen LogP contribution in [0.5, 0.6) is 5.75 Å². The number of rotatable bonds is 5. The minimum absolute atomic E-state index is 0.150. The van der Waals surface area contributed by atoms with Gasteiger partial charge in [-0.3, -0.25) is 9.59 Å². The van der Waals surface area contributed by atoms with Gasteiger partial charge in [-0.1, -0.05) is 23.7 Å². The minimum Gasteiger partial charge on any atom is -0.508 e. The molecule has 0 atom stereocenters. The van der Waals surface area contributed by atoms with Gasteiger partial charge < -0.3 is 26.0 Å². The first-order chi connectivity index (χ1) is 20.3. The molecule has 1 saturated heterocycles. The Morgan fingerprint density at radius 1 is 1.07 bits per heavy atom. The van der Waals surface area contributed by atoms with Crippen LogP contribution >= 0.6 is 11.6 Å². The van der Waals surface area contributed by atoms with Crippen molar-refractivity contribution in [2.75, 3.05) is 50.5 Å². The summed E-state index contributed by atoms with van der Waals surface area (Å²) in [6.45, 7) is 5.33. The quantitative estimate of drug-likeness (QED) is 0.298. The molecule has 1 amide bonds. The number of carbonyl (C=O) groups is 2. The van der Waals surface area contributed by atoms with Crippen LogP contribution in [0.1, 0.15) is 37.5 Å². The number of aromatic nitrogens is 3. The van der Waals surface area contributed by atoms with E-state index in [2.05, 4.69) is 38.0 Å². The van der Waals surface area contributed by atoms with Crippen LogP contribution in [-0.2, 0) is 12.8 Å². The van der Waals surface area contributed by atoms with Gasteiger partial charge in [0.15, 0.2) is 6.29 Å². The Morgan fingerprint density at radius 3 is 2.55 bits per heavy atom. The molecule has 2 aromatic carbocycles. The van der Waals surface area contributed by atoms with E-state index in [-0.39, 0.29) is 16.7 Å². The lowest BCUT2D eigenvalue weighted by Gasteiger charge is -2.33. The summed E-state index contributed by atoms with van der Waals surface area (Å²) < 4.78 is 1.70. The Bertz CT molecular complexity index is 1640. The Labute approximate surface area is 249 Å².